The highest BCUT2D eigenvalue weighted by molar-refractivity contribution is 6.36. The maximum absolute atomic E-state index is 13.7. The van der Waals surface area contributed by atoms with Crippen LogP contribution < -0.4 is 4.90 Å². The molecule has 3 aromatic carbocycles. The van der Waals surface area contributed by atoms with Crippen molar-refractivity contribution in [1.82, 2.24) is 9.47 Å². The van der Waals surface area contributed by atoms with Crippen molar-refractivity contribution >= 4 is 70.4 Å². The van der Waals surface area contributed by atoms with E-state index in [0.29, 0.717) is 46.8 Å². The number of aromatic nitrogens is 1. The average molecular weight is 596 g/mol. The molecule has 37 heavy (non-hydrogen) atoms. The first-order valence-electron chi connectivity index (χ1n) is 11.6. The van der Waals surface area contributed by atoms with Gasteiger partial charge in [0.25, 0.3) is 5.91 Å². The first-order valence-corrected chi connectivity index (χ1v) is 13.1. The molecule has 1 aliphatic rings. The number of rotatable bonds is 4. The van der Waals surface area contributed by atoms with Gasteiger partial charge < -0.3 is 14.4 Å². The molecule has 0 atom stereocenters. The van der Waals surface area contributed by atoms with E-state index in [9.17, 15) is 4.79 Å². The zero-order valence-electron chi connectivity index (χ0n) is 19.9. The smallest absolute Gasteiger partial charge is 0.255 e. The average Bonchev–Trinajstić information content (AvgIpc) is 3.21. The molecule has 1 saturated heterocycles. The Kier molecular flexibility index (Phi) is 8.67. The van der Waals surface area contributed by atoms with E-state index < -0.39 is 0 Å². The third-order valence-electron chi connectivity index (χ3n) is 6.53. The summed E-state index contributed by atoms with van der Waals surface area (Å²) < 4.78 is 2.01. The van der Waals surface area contributed by atoms with Crippen LogP contribution in [0.5, 0.6) is 0 Å². The van der Waals surface area contributed by atoms with Gasteiger partial charge in [0.1, 0.15) is 0 Å². The van der Waals surface area contributed by atoms with Crippen LogP contribution in [0.2, 0.25) is 20.1 Å². The van der Waals surface area contributed by atoms with Crippen LogP contribution in [-0.4, -0.2) is 41.6 Å². The second kappa shape index (κ2) is 11.6. The van der Waals surface area contributed by atoms with Crippen molar-refractivity contribution in [3.05, 3.63) is 104 Å². The fraction of sp³-hybridized carbons (Fsp3) is 0.179. The van der Waals surface area contributed by atoms with Gasteiger partial charge in [-0.1, -0.05) is 70.7 Å². The van der Waals surface area contributed by atoms with Gasteiger partial charge in [-0.2, -0.15) is 0 Å². The van der Waals surface area contributed by atoms with E-state index in [1.807, 2.05) is 77.1 Å². The highest BCUT2D eigenvalue weighted by Gasteiger charge is 2.27. The Morgan fingerprint density at radius 3 is 2.03 bits per heavy atom. The monoisotopic (exact) mass is 593 g/mol. The Morgan fingerprint density at radius 2 is 1.38 bits per heavy atom. The van der Waals surface area contributed by atoms with Crippen LogP contribution in [0.4, 0.5) is 5.69 Å². The molecule has 192 valence electrons. The molecule has 0 radical (unpaired) electrons. The van der Waals surface area contributed by atoms with Crippen LogP contribution in [0.3, 0.4) is 0 Å². The van der Waals surface area contributed by atoms with E-state index in [1.54, 1.807) is 12.1 Å². The van der Waals surface area contributed by atoms with Gasteiger partial charge in [-0.05, 0) is 61.0 Å². The highest BCUT2D eigenvalue weighted by atomic mass is 35.5. The lowest BCUT2D eigenvalue weighted by atomic mass is 10.1. The lowest BCUT2D eigenvalue weighted by molar-refractivity contribution is 0.0746. The molecule has 0 unspecified atom stereocenters. The summed E-state index contributed by atoms with van der Waals surface area (Å²) in [5.74, 6) is -0.00893. The van der Waals surface area contributed by atoms with Gasteiger partial charge in [-0.15, -0.1) is 12.4 Å². The van der Waals surface area contributed by atoms with Gasteiger partial charge >= 0.3 is 0 Å². The lowest BCUT2D eigenvalue weighted by Gasteiger charge is -2.36. The number of piperazine rings is 1. The maximum atomic E-state index is 13.7. The first-order chi connectivity index (χ1) is 17.3. The van der Waals surface area contributed by atoms with E-state index in [4.69, 9.17) is 46.4 Å². The van der Waals surface area contributed by atoms with E-state index in [-0.39, 0.29) is 18.3 Å². The second-order valence-corrected chi connectivity index (χ2v) is 10.4. The number of carbonyl (C=O) groups excluding carboxylic acids is 1. The minimum absolute atomic E-state index is 0. The molecular formula is C28H24Cl5N3O. The molecule has 0 bridgehead atoms. The predicted octanol–water partition coefficient (Wildman–Crippen LogP) is 8.45. The zero-order chi connectivity index (χ0) is 25.4. The number of amides is 1. The van der Waals surface area contributed by atoms with Gasteiger partial charge in [0.2, 0.25) is 0 Å². The molecule has 9 heteroatoms. The summed E-state index contributed by atoms with van der Waals surface area (Å²) in [6.07, 6.45) is 0. The van der Waals surface area contributed by atoms with E-state index in [0.717, 1.165) is 33.3 Å². The number of benzene rings is 3. The number of anilines is 1. The molecule has 1 fully saturated rings. The summed E-state index contributed by atoms with van der Waals surface area (Å²) in [5.41, 5.74) is 4.98. The number of halogens is 5. The molecule has 0 aliphatic carbocycles. The Balaban J connectivity index is 0.00000320. The number of hydrogen-bond donors (Lipinski definition) is 0. The van der Waals surface area contributed by atoms with Crippen molar-refractivity contribution in [3.8, 4) is 16.9 Å². The molecule has 0 saturated carbocycles. The molecular weight excluding hydrogens is 572 g/mol. The van der Waals surface area contributed by atoms with E-state index >= 15 is 0 Å². The van der Waals surface area contributed by atoms with Crippen molar-refractivity contribution < 1.29 is 4.79 Å². The molecule has 0 N–H and O–H groups in total. The molecule has 4 nitrogen and oxygen atoms in total. The fourth-order valence-corrected chi connectivity index (χ4v) is 5.53. The standard InChI is InChI=1S/C28H23Cl4N3O.ClH/c1-18-22(28(36)34-14-12-33(13-15-34)25-5-3-2-4-23(25)31)17-27(19-6-8-20(29)9-7-19)35(18)26-11-10-21(30)16-24(26)32;/h2-11,16-17H,12-15H2,1H3;1H. The molecule has 5 rings (SSSR count). The summed E-state index contributed by atoms with van der Waals surface area (Å²) in [4.78, 5) is 17.9. The van der Waals surface area contributed by atoms with Crippen LogP contribution in [0.1, 0.15) is 16.1 Å². The summed E-state index contributed by atoms with van der Waals surface area (Å²) in [6, 6.07) is 22.7. The Labute approximate surface area is 242 Å². The maximum Gasteiger partial charge on any atom is 0.255 e. The first kappa shape index (κ1) is 27.7. The third kappa shape index (κ3) is 5.59. The molecule has 1 amide bonds. The van der Waals surface area contributed by atoms with Gasteiger partial charge in [0.05, 0.1) is 32.7 Å². The van der Waals surface area contributed by atoms with Crippen molar-refractivity contribution in [2.24, 2.45) is 0 Å². The highest BCUT2D eigenvalue weighted by Crippen LogP contribution is 2.35. The normalized spacial score (nSPS) is 13.4. The number of nitrogens with zero attached hydrogens (tertiary/aromatic N) is 3. The quantitative estimate of drug-likeness (QED) is 0.237. The minimum atomic E-state index is -0.00893. The van der Waals surface area contributed by atoms with Gasteiger partial charge in [0, 0.05) is 41.9 Å². The Bertz CT molecular complexity index is 1430. The fourth-order valence-electron chi connectivity index (χ4n) is 4.66. The molecule has 2 heterocycles. The molecule has 1 aromatic heterocycles. The second-order valence-electron chi connectivity index (χ2n) is 8.70. The van der Waals surface area contributed by atoms with Crippen LogP contribution >= 0.6 is 58.8 Å². The summed E-state index contributed by atoms with van der Waals surface area (Å²) in [7, 11) is 0. The Hall–Kier alpha value is -2.34. The Morgan fingerprint density at radius 1 is 0.730 bits per heavy atom. The summed E-state index contributed by atoms with van der Waals surface area (Å²) in [6.45, 7) is 4.57. The zero-order valence-corrected chi connectivity index (χ0v) is 23.8. The van der Waals surface area contributed by atoms with Crippen LogP contribution in [0.25, 0.3) is 16.9 Å². The lowest BCUT2D eigenvalue weighted by Crippen LogP contribution is -2.49. The molecule has 1 aliphatic heterocycles. The topological polar surface area (TPSA) is 28.5 Å². The third-order valence-corrected chi connectivity index (χ3v) is 7.64. The molecule has 4 aromatic rings. The van der Waals surface area contributed by atoms with E-state index in [2.05, 4.69) is 4.90 Å². The van der Waals surface area contributed by atoms with Crippen molar-refractivity contribution in [2.75, 3.05) is 31.1 Å². The van der Waals surface area contributed by atoms with Crippen LogP contribution in [0, 0.1) is 6.92 Å². The van der Waals surface area contributed by atoms with Crippen LogP contribution in [-0.2, 0) is 0 Å². The predicted molar refractivity (Wildman–Crippen MR) is 158 cm³/mol. The van der Waals surface area contributed by atoms with E-state index in [1.165, 1.54) is 0 Å². The summed E-state index contributed by atoms with van der Waals surface area (Å²) in [5, 5.41) is 2.42. The summed E-state index contributed by atoms with van der Waals surface area (Å²) >= 11 is 25.3. The number of carbonyl (C=O) groups is 1. The SMILES string of the molecule is Cc1c(C(=O)N2CCN(c3ccccc3Cl)CC2)cc(-c2ccc(Cl)cc2)n1-c1ccc(Cl)cc1Cl.Cl. The number of hydrogen-bond acceptors (Lipinski definition) is 2. The van der Waals surface area contributed by atoms with Crippen molar-refractivity contribution in [2.45, 2.75) is 6.92 Å². The van der Waals surface area contributed by atoms with Crippen LogP contribution in [0.15, 0.2) is 72.8 Å². The van der Waals surface area contributed by atoms with Gasteiger partial charge in [0.15, 0.2) is 0 Å². The van der Waals surface area contributed by atoms with Crippen molar-refractivity contribution in [1.29, 1.82) is 0 Å². The van der Waals surface area contributed by atoms with Gasteiger partial charge in [-0.3, -0.25) is 4.79 Å². The largest absolute Gasteiger partial charge is 0.367 e. The molecule has 0 spiro atoms. The minimum Gasteiger partial charge on any atom is -0.367 e. The van der Waals surface area contributed by atoms with Gasteiger partial charge in [-0.25, -0.2) is 0 Å². The number of para-hydroxylation sites is 1. The van der Waals surface area contributed by atoms with Crippen molar-refractivity contribution in [3.63, 3.8) is 0 Å².